The summed E-state index contributed by atoms with van der Waals surface area (Å²) in [6.45, 7) is 7.92. The van der Waals surface area contributed by atoms with Crippen LogP contribution in [0.3, 0.4) is 0 Å². The van der Waals surface area contributed by atoms with Crippen molar-refractivity contribution in [3.63, 3.8) is 0 Å². The van der Waals surface area contributed by atoms with Crippen LogP contribution in [-0.4, -0.2) is 120 Å². The molecule has 0 spiro atoms. The topological polar surface area (TPSA) is 229 Å². The maximum atomic E-state index is 14.3. The molecule has 3 fully saturated rings. The summed E-state index contributed by atoms with van der Waals surface area (Å²) in [5.41, 5.74) is 4.54. The molecule has 3 aromatic carbocycles. The number of methoxy groups -OCH3 is 1. The third-order valence-electron chi connectivity index (χ3n) is 12.8. The van der Waals surface area contributed by atoms with Gasteiger partial charge in [-0.25, -0.2) is 23.9 Å². The SMILES string of the molecule is COC(=O)NC(C(=O)N1C[C@@H](O)CC1c1nc2cc(C3(c4ccc5[nH]c(C6C[C@H](O)CN6C(=O)[C@@H](NC(=O)O)C(C)C)nc5c4)CCCN3c3ccc(F)cc3)ccc2[nH]1)C(C)C. The number of β-amino-alcohol motifs (C(OH)–C–C–N with tert-alkyl or cyclic N) is 2. The molecule has 18 heteroatoms. The van der Waals surface area contributed by atoms with Gasteiger partial charge in [0.2, 0.25) is 11.8 Å². The van der Waals surface area contributed by atoms with E-state index in [1.54, 1.807) is 30.9 Å². The average molecular weight is 868 g/mol. The van der Waals surface area contributed by atoms with Crippen LogP contribution >= 0.6 is 0 Å². The summed E-state index contributed by atoms with van der Waals surface area (Å²) in [5.74, 6) is -0.773. The van der Waals surface area contributed by atoms with Crippen molar-refractivity contribution in [2.75, 3.05) is 31.6 Å². The molecule has 7 N–H and O–H groups in total. The molecule has 63 heavy (non-hydrogen) atoms. The first-order valence-electron chi connectivity index (χ1n) is 21.4. The first-order valence-corrected chi connectivity index (χ1v) is 21.4. The lowest BCUT2D eigenvalue weighted by Crippen LogP contribution is -2.51. The molecule has 17 nitrogen and oxygen atoms in total. The van der Waals surface area contributed by atoms with Gasteiger partial charge in [0.1, 0.15) is 29.5 Å². The predicted molar refractivity (Wildman–Crippen MR) is 230 cm³/mol. The molecule has 5 heterocycles. The van der Waals surface area contributed by atoms with E-state index in [-0.39, 0.29) is 49.5 Å². The average Bonchev–Trinajstić information content (AvgIpc) is 4.10. The molecule has 8 rings (SSSR count). The molecule has 5 aromatic rings. The summed E-state index contributed by atoms with van der Waals surface area (Å²) >= 11 is 0. The largest absolute Gasteiger partial charge is 0.465 e. The number of H-pyrrole nitrogens is 2. The Balaban J connectivity index is 1.17. The first kappa shape index (κ1) is 43.4. The Morgan fingerprint density at radius 2 is 1.27 bits per heavy atom. The summed E-state index contributed by atoms with van der Waals surface area (Å²) in [5, 5.41) is 36.0. The molecule has 0 bridgehead atoms. The Kier molecular flexibility index (Phi) is 11.8. The number of aromatic amines is 2. The number of nitrogens with zero attached hydrogens (tertiary/aromatic N) is 5. The van der Waals surface area contributed by atoms with Crippen molar-refractivity contribution in [3.8, 4) is 0 Å². The summed E-state index contributed by atoms with van der Waals surface area (Å²) in [6, 6.07) is 15.3. The molecule has 4 unspecified atom stereocenters. The first-order chi connectivity index (χ1) is 30.1. The van der Waals surface area contributed by atoms with Crippen molar-refractivity contribution in [1.29, 1.82) is 0 Å². The maximum Gasteiger partial charge on any atom is 0.407 e. The maximum absolute atomic E-state index is 14.3. The number of nitrogens with one attached hydrogen (secondary N) is 4. The summed E-state index contributed by atoms with van der Waals surface area (Å²) < 4.78 is 19.1. The molecule has 4 amide bonds. The normalized spacial score (nSPS) is 23.6. The van der Waals surface area contributed by atoms with Gasteiger partial charge in [0.15, 0.2) is 0 Å². The van der Waals surface area contributed by atoms with Gasteiger partial charge in [-0.1, -0.05) is 39.8 Å². The molecular formula is C45H54FN9O8. The fourth-order valence-electron chi connectivity index (χ4n) is 9.77. The monoisotopic (exact) mass is 867 g/mol. The van der Waals surface area contributed by atoms with Crippen molar-refractivity contribution in [2.24, 2.45) is 11.8 Å². The van der Waals surface area contributed by atoms with E-state index < -0.39 is 60.0 Å². The third-order valence-corrected chi connectivity index (χ3v) is 12.8. The van der Waals surface area contributed by atoms with Gasteiger partial charge in [0.25, 0.3) is 0 Å². The van der Waals surface area contributed by atoms with E-state index in [1.807, 2.05) is 50.2 Å². The molecule has 0 radical (unpaired) electrons. The Morgan fingerprint density at radius 1 is 0.778 bits per heavy atom. The number of aliphatic hydroxyl groups is 2. The lowest BCUT2D eigenvalue weighted by molar-refractivity contribution is -0.136. The Hall–Kier alpha value is -6.27. The van der Waals surface area contributed by atoms with Crippen LogP contribution in [0.15, 0.2) is 60.7 Å². The highest BCUT2D eigenvalue weighted by atomic mass is 19.1. The number of rotatable bonds is 11. The van der Waals surface area contributed by atoms with Crippen LogP contribution in [0.4, 0.5) is 19.7 Å². The Bertz CT molecular complexity index is 2530. The van der Waals surface area contributed by atoms with Gasteiger partial charge in [-0.05, 0) is 84.3 Å². The van der Waals surface area contributed by atoms with E-state index in [0.29, 0.717) is 41.2 Å². The number of halogens is 1. The van der Waals surface area contributed by atoms with Crippen molar-refractivity contribution in [1.82, 2.24) is 40.4 Å². The fourth-order valence-corrected chi connectivity index (χ4v) is 9.77. The number of carboxylic acid groups (broad SMARTS) is 1. The van der Waals surface area contributed by atoms with Gasteiger partial charge in [-0.15, -0.1) is 0 Å². The minimum Gasteiger partial charge on any atom is -0.465 e. The van der Waals surface area contributed by atoms with Gasteiger partial charge in [-0.3, -0.25) is 9.59 Å². The van der Waals surface area contributed by atoms with Crippen LogP contribution in [0.25, 0.3) is 22.1 Å². The summed E-state index contributed by atoms with van der Waals surface area (Å²) in [4.78, 5) is 73.6. The van der Waals surface area contributed by atoms with Gasteiger partial charge in [0, 0.05) is 38.2 Å². The lowest BCUT2D eigenvalue weighted by atomic mass is 9.80. The van der Waals surface area contributed by atoms with Gasteiger partial charge in [-0.2, -0.15) is 0 Å². The number of carbonyl (C=O) groups is 4. The van der Waals surface area contributed by atoms with Gasteiger partial charge < -0.3 is 55.4 Å². The quantitative estimate of drug-likeness (QED) is 0.0928. The number of imidazole rings is 2. The lowest BCUT2D eigenvalue weighted by Gasteiger charge is -2.41. The summed E-state index contributed by atoms with van der Waals surface area (Å²) in [6.07, 6.45) is -1.71. The van der Waals surface area contributed by atoms with Crippen LogP contribution in [0.2, 0.25) is 0 Å². The minimum absolute atomic E-state index is 0.0319. The van der Waals surface area contributed by atoms with Crippen LogP contribution in [0.1, 0.15) is 88.2 Å². The second kappa shape index (κ2) is 17.1. The molecular weight excluding hydrogens is 814 g/mol. The second-order valence-corrected chi connectivity index (χ2v) is 17.6. The van der Waals surface area contributed by atoms with Crippen molar-refractivity contribution in [2.45, 2.75) is 95.3 Å². The Labute approximate surface area is 363 Å². The Morgan fingerprint density at radius 3 is 1.73 bits per heavy atom. The molecule has 334 valence electrons. The number of ether oxygens (including phenoxy) is 1. The zero-order valence-electron chi connectivity index (χ0n) is 35.8. The standard InChI is InChI=1S/C45H54FN9O8/c1-23(2)37(51-43(60)61)41(58)53-21-29(56)19-35(53)39-47-31-13-7-25(17-33(31)49-39)45(15-6-16-55(45)28-11-9-27(46)10-12-28)26-8-14-32-34(18-26)50-40(48-32)36-20-30(57)22-54(36)42(59)38(24(3)4)52-44(62)63-5/h7-14,17-18,23-24,29-30,35-38,51,56-57H,6,15-16,19-22H2,1-5H3,(H,47,49)(H,48,50)(H,52,62)(H,60,61)/t29-,30-,35?,36?,37-,38?,45?/m0/s1. The highest BCUT2D eigenvalue weighted by Gasteiger charge is 2.46. The van der Waals surface area contributed by atoms with Gasteiger partial charge >= 0.3 is 12.2 Å². The third kappa shape index (κ3) is 8.12. The van der Waals surface area contributed by atoms with Gasteiger partial charge in [0.05, 0.1) is 59.0 Å². The van der Waals surface area contributed by atoms with Crippen molar-refractivity contribution >= 4 is 51.8 Å². The molecule has 0 aliphatic carbocycles. The summed E-state index contributed by atoms with van der Waals surface area (Å²) in [7, 11) is 1.23. The van der Waals surface area contributed by atoms with E-state index in [4.69, 9.17) is 14.7 Å². The fraction of sp³-hybridized carbons (Fsp3) is 0.467. The smallest absolute Gasteiger partial charge is 0.407 e. The number of benzene rings is 3. The number of alkyl carbamates (subject to hydrolysis) is 1. The van der Waals surface area contributed by atoms with E-state index in [9.17, 15) is 38.9 Å². The van der Waals surface area contributed by atoms with Crippen LogP contribution in [-0.2, 0) is 19.9 Å². The van der Waals surface area contributed by atoms with Crippen LogP contribution < -0.4 is 15.5 Å². The second-order valence-electron chi connectivity index (χ2n) is 17.6. The van der Waals surface area contributed by atoms with E-state index in [0.717, 1.165) is 28.8 Å². The van der Waals surface area contributed by atoms with Crippen LogP contribution in [0, 0.1) is 17.7 Å². The molecule has 3 aliphatic rings. The van der Waals surface area contributed by atoms with E-state index >= 15 is 0 Å². The number of aliphatic hydroxyl groups excluding tert-OH is 2. The van der Waals surface area contributed by atoms with Crippen LogP contribution in [0.5, 0.6) is 0 Å². The van der Waals surface area contributed by atoms with Crippen molar-refractivity contribution < 1.29 is 43.6 Å². The number of anilines is 1. The molecule has 0 saturated carbocycles. The van der Waals surface area contributed by atoms with Crippen molar-refractivity contribution in [3.05, 3.63) is 89.3 Å². The zero-order valence-corrected chi connectivity index (χ0v) is 35.8. The molecule has 3 aliphatic heterocycles. The van der Waals surface area contributed by atoms with E-state index in [2.05, 4.69) is 25.5 Å². The highest BCUT2D eigenvalue weighted by molar-refractivity contribution is 5.88. The number of likely N-dealkylation sites (tertiary alicyclic amines) is 2. The number of aromatic nitrogens is 4. The zero-order chi connectivity index (χ0) is 44.9. The molecule has 7 atom stereocenters. The number of amides is 4. The highest BCUT2D eigenvalue weighted by Crippen LogP contribution is 2.48. The number of hydrogen-bond acceptors (Lipinski definition) is 10. The molecule has 2 aromatic heterocycles. The predicted octanol–water partition coefficient (Wildman–Crippen LogP) is 5.06. The number of fused-ring (bicyclic) bond motifs is 2. The number of hydrogen-bond donors (Lipinski definition) is 7. The number of carbonyl (C=O) groups excluding carboxylic acids is 3. The molecule has 3 saturated heterocycles. The van der Waals surface area contributed by atoms with E-state index in [1.165, 1.54) is 24.1 Å². The minimum atomic E-state index is -1.31.